The Hall–Kier alpha value is -2.69. The minimum absolute atomic E-state index is 0.0766. The minimum atomic E-state index is -1.11. The summed E-state index contributed by atoms with van der Waals surface area (Å²) in [7, 11) is 1.69. The number of nitrogens with zero attached hydrogens (tertiary/aromatic N) is 2. The Morgan fingerprint density at radius 2 is 1.85 bits per heavy atom. The number of carboxylic acids is 1. The van der Waals surface area contributed by atoms with E-state index in [2.05, 4.69) is 4.98 Å². The van der Waals surface area contributed by atoms with Crippen LogP contribution in [0.2, 0.25) is 0 Å². The molecule has 0 aliphatic heterocycles. The van der Waals surface area contributed by atoms with E-state index in [9.17, 15) is 9.59 Å². The summed E-state index contributed by atoms with van der Waals surface area (Å²) in [6, 6.07) is 12.4. The smallest absolute Gasteiger partial charge is 0.354 e. The highest BCUT2D eigenvalue weighted by Gasteiger charge is 2.13. The highest BCUT2D eigenvalue weighted by molar-refractivity contribution is 5.94. The van der Waals surface area contributed by atoms with E-state index in [0.29, 0.717) is 12.1 Å². The third kappa shape index (κ3) is 3.20. The van der Waals surface area contributed by atoms with E-state index < -0.39 is 5.97 Å². The Labute approximate surface area is 116 Å². The molecule has 5 nitrogen and oxygen atoms in total. The Morgan fingerprint density at radius 3 is 2.40 bits per heavy atom. The van der Waals surface area contributed by atoms with Gasteiger partial charge in [-0.05, 0) is 17.7 Å². The van der Waals surface area contributed by atoms with E-state index >= 15 is 0 Å². The molecule has 0 saturated heterocycles. The predicted octanol–water partition coefficient (Wildman–Crippen LogP) is 2.05. The van der Waals surface area contributed by atoms with Gasteiger partial charge in [-0.2, -0.15) is 0 Å². The fourth-order valence-corrected chi connectivity index (χ4v) is 1.80. The SMILES string of the molecule is CN(Cc1ccccc1)C(=O)c1ccc(C(=O)O)nc1. The summed E-state index contributed by atoms with van der Waals surface area (Å²) in [5.41, 5.74) is 1.32. The number of aromatic nitrogens is 1. The van der Waals surface area contributed by atoms with Gasteiger partial charge >= 0.3 is 5.97 Å². The fraction of sp³-hybridized carbons (Fsp3) is 0.133. The van der Waals surface area contributed by atoms with Gasteiger partial charge in [0.15, 0.2) is 0 Å². The number of hydrogen-bond donors (Lipinski definition) is 1. The van der Waals surface area contributed by atoms with Crippen molar-refractivity contribution in [1.29, 1.82) is 0 Å². The van der Waals surface area contributed by atoms with Crippen molar-refractivity contribution in [3.63, 3.8) is 0 Å². The molecule has 2 rings (SSSR count). The van der Waals surface area contributed by atoms with Crippen LogP contribution in [0, 0.1) is 0 Å². The Morgan fingerprint density at radius 1 is 1.15 bits per heavy atom. The molecule has 1 heterocycles. The van der Waals surface area contributed by atoms with Gasteiger partial charge in [0, 0.05) is 19.8 Å². The van der Waals surface area contributed by atoms with Crippen LogP contribution in [-0.2, 0) is 6.54 Å². The largest absolute Gasteiger partial charge is 0.477 e. The van der Waals surface area contributed by atoms with E-state index in [1.807, 2.05) is 30.3 Å². The van der Waals surface area contributed by atoms with Crippen LogP contribution < -0.4 is 0 Å². The van der Waals surface area contributed by atoms with E-state index in [0.717, 1.165) is 5.56 Å². The Kier molecular flexibility index (Phi) is 4.10. The van der Waals surface area contributed by atoms with Crippen LogP contribution in [0.15, 0.2) is 48.7 Å². The molecule has 0 bridgehead atoms. The average Bonchev–Trinajstić information content (AvgIpc) is 2.47. The second-order valence-corrected chi connectivity index (χ2v) is 4.38. The monoisotopic (exact) mass is 270 g/mol. The maximum absolute atomic E-state index is 12.2. The summed E-state index contributed by atoms with van der Waals surface area (Å²) in [5, 5.41) is 8.76. The maximum Gasteiger partial charge on any atom is 0.354 e. The molecule has 1 aromatic heterocycles. The number of hydrogen-bond acceptors (Lipinski definition) is 3. The molecule has 0 fully saturated rings. The van der Waals surface area contributed by atoms with Crippen molar-refractivity contribution in [1.82, 2.24) is 9.88 Å². The van der Waals surface area contributed by atoms with E-state index in [-0.39, 0.29) is 11.6 Å². The van der Waals surface area contributed by atoms with Crippen molar-refractivity contribution < 1.29 is 14.7 Å². The first-order valence-corrected chi connectivity index (χ1v) is 6.06. The molecule has 5 heteroatoms. The van der Waals surface area contributed by atoms with Gasteiger partial charge in [-0.25, -0.2) is 9.78 Å². The molecule has 0 atom stereocenters. The van der Waals surface area contributed by atoms with Gasteiger partial charge in [-0.3, -0.25) is 4.79 Å². The van der Waals surface area contributed by atoms with Crippen molar-refractivity contribution in [2.24, 2.45) is 0 Å². The van der Waals surface area contributed by atoms with E-state index in [4.69, 9.17) is 5.11 Å². The minimum Gasteiger partial charge on any atom is -0.477 e. The number of rotatable bonds is 4. The summed E-state index contributed by atoms with van der Waals surface area (Å²) in [6.45, 7) is 0.486. The third-order valence-electron chi connectivity index (χ3n) is 2.84. The Bertz CT molecular complexity index is 609. The molecular formula is C15H14N2O3. The zero-order valence-corrected chi connectivity index (χ0v) is 11.0. The summed E-state index contributed by atoms with van der Waals surface area (Å²) >= 11 is 0. The first kappa shape index (κ1) is 13.7. The normalized spacial score (nSPS) is 10.1. The summed E-state index contributed by atoms with van der Waals surface area (Å²) < 4.78 is 0. The molecular weight excluding hydrogens is 256 g/mol. The summed E-state index contributed by atoms with van der Waals surface area (Å²) in [5.74, 6) is -1.31. The molecule has 0 radical (unpaired) electrons. The first-order valence-electron chi connectivity index (χ1n) is 6.06. The molecule has 0 aliphatic carbocycles. The highest BCUT2D eigenvalue weighted by atomic mass is 16.4. The first-order chi connectivity index (χ1) is 9.58. The maximum atomic E-state index is 12.2. The van der Waals surface area contributed by atoms with Crippen LogP contribution in [0.4, 0.5) is 0 Å². The van der Waals surface area contributed by atoms with Gasteiger partial charge in [0.05, 0.1) is 5.56 Å². The van der Waals surface area contributed by atoms with Gasteiger partial charge in [0.2, 0.25) is 0 Å². The topological polar surface area (TPSA) is 70.5 Å². The molecule has 102 valence electrons. The highest BCUT2D eigenvalue weighted by Crippen LogP contribution is 2.08. The number of carbonyl (C=O) groups is 2. The van der Waals surface area contributed by atoms with Crippen LogP contribution in [0.1, 0.15) is 26.4 Å². The fourth-order valence-electron chi connectivity index (χ4n) is 1.80. The lowest BCUT2D eigenvalue weighted by atomic mass is 10.2. The third-order valence-corrected chi connectivity index (χ3v) is 2.84. The number of benzene rings is 1. The lowest BCUT2D eigenvalue weighted by Crippen LogP contribution is -2.26. The van der Waals surface area contributed by atoms with E-state index in [1.54, 1.807) is 11.9 Å². The van der Waals surface area contributed by atoms with Crippen molar-refractivity contribution in [3.8, 4) is 0 Å². The second kappa shape index (κ2) is 5.97. The molecule has 0 aliphatic rings. The Balaban J connectivity index is 2.08. The average molecular weight is 270 g/mol. The van der Waals surface area contributed by atoms with Gasteiger partial charge in [-0.1, -0.05) is 30.3 Å². The van der Waals surface area contributed by atoms with Crippen LogP contribution in [0.5, 0.6) is 0 Å². The number of pyridine rings is 1. The van der Waals surface area contributed by atoms with Gasteiger partial charge in [0.25, 0.3) is 5.91 Å². The number of carbonyl (C=O) groups excluding carboxylic acids is 1. The standard InChI is InChI=1S/C15H14N2O3/c1-17(10-11-5-3-2-4-6-11)14(18)12-7-8-13(15(19)20)16-9-12/h2-9H,10H2,1H3,(H,19,20). The molecule has 1 N–H and O–H groups in total. The van der Waals surface area contributed by atoms with Crippen molar-refractivity contribution in [3.05, 3.63) is 65.5 Å². The zero-order valence-electron chi connectivity index (χ0n) is 11.0. The number of amides is 1. The molecule has 1 aromatic carbocycles. The molecule has 2 aromatic rings. The van der Waals surface area contributed by atoms with Crippen LogP contribution in [0.25, 0.3) is 0 Å². The van der Waals surface area contributed by atoms with Gasteiger partial charge in [-0.15, -0.1) is 0 Å². The van der Waals surface area contributed by atoms with Crippen LogP contribution in [-0.4, -0.2) is 33.9 Å². The molecule has 1 amide bonds. The molecule has 0 spiro atoms. The number of carboxylic acid groups (broad SMARTS) is 1. The lowest BCUT2D eigenvalue weighted by molar-refractivity contribution is 0.0688. The van der Waals surface area contributed by atoms with E-state index in [1.165, 1.54) is 18.3 Å². The molecule has 20 heavy (non-hydrogen) atoms. The summed E-state index contributed by atoms with van der Waals surface area (Å²) in [4.78, 5) is 28.2. The van der Waals surface area contributed by atoms with Crippen molar-refractivity contribution in [2.45, 2.75) is 6.54 Å². The van der Waals surface area contributed by atoms with Crippen molar-refractivity contribution >= 4 is 11.9 Å². The number of aromatic carboxylic acids is 1. The van der Waals surface area contributed by atoms with Crippen LogP contribution in [0.3, 0.4) is 0 Å². The van der Waals surface area contributed by atoms with Crippen LogP contribution >= 0.6 is 0 Å². The van der Waals surface area contributed by atoms with Crippen molar-refractivity contribution in [2.75, 3.05) is 7.05 Å². The quantitative estimate of drug-likeness (QED) is 0.923. The zero-order chi connectivity index (χ0) is 14.5. The second-order valence-electron chi connectivity index (χ2n) is 4.38. The molecule has 0 saturated carbocycles. The summed E-state index contributed by atoms with van der Waals surface area (Å²) in [6.07, 6.45) is 1.28. The predicted molar refractivity (Wildman–Crippen MR) is 73.4 cm³/mol. The molecule has 0 unspecified atom stereocenters. The lowest BCUT2D eigenvalue weighted by Gasteiger charge is -2.17. The van der Waals surface area contributed by atoms with Gasteiger partial charge in [0.1, 0.15) is 5.69 Å². The van der Waals surface area contributed by atoms with Gasteiger partial charge < -0.3 is 10.0 Å².